The van der Waals surface area contributed by atoms with Crippen molar-refractivity contribution in [1.82, 2.24) is 4.57 Å². The van der Waals surface area contributed by atoms with E-state index in [-0.39, 0.29) is 39.5 Å². The zero-order valence-electron chi connectivity index (χ0n) is 22.1. The van der Waals surface area contributed by atoms with Gasteiger partial charge in [0, 0.05) is 23.3 Å². The van der Waals surface area contributed by atoms with Crippen LogP contribution in [0, 0.1) is 24.4 Å². The number of oxime groups is 1. The van der Waals surface area contributed by atoms with Gasteiger partial charge < -0.3 is 9.57 Å². The van der Waals surface area contributed by atoms with Crippen LogP contribution in [0.4, 0.5) is 26.3 Å². The maximum atomic E-state index is 15.5. The van der Waals surface area contributed by atoms with E-state index in [2.05, 4.69) is 5.16 Å². The number of nitrogens with zero attached hydrogens (tertiary/aromatic N) is 2. The van der Waals surface area contributed by atoms with Crippen LogP contribution >= 0.6 is 11.8 Å². The predicted octanol–water partition coefficient (Wildman–Crippen LogP) is 7.57. The summed E-state index contributed by atoms with van der Waals surface area (Å²) in [6, 6.07) is 11.3. The minimum absolute atomic E-state index is 0.101. The number of thioether (sulfide) groups is 1. The number of aromatic nitrogens is 1. The third kappa shape index (κ3) is 5.50. The Balaban J connectivity index is 1.68. The van der Waals surface area contributed by atoms with Gasteiger partial charge in [-0.25, -0.2) is 13.2 Å². The van der Waals surface area contributed by atoms with Gasteiger partial charge in [-0.3, -0.25) is 9.36 Å². The molecule has 1 atom stereocenters. The van der Waals surface area contributed by atoms with Gasteiger partial charge in [0.2, 0.25) is 0 Å². The van der Waals surface area contributed by atoms with E-state index in [0.717, 1.165) is 18.2 Å². The minimum atomic E-state index is -4.83. The van der Waals surface area contributed by atoms with Gasteiger partial charge >= 0.3 is 6.18 Å². The van der Waals surface area contributed by atoms with E-state index >= 15 is 4.39 Å². The summed E-state index contributed by atoms with van der Waals surface area (Å²) in [7, 11) is 1.26. The van der Waals surface area contributed by atoms with Crippen LogP contribution in [0.5, 0.6) is 11.5 Å². The molecule has 5 rings (SSSR count). The molecule has 42 heavy (non-hydrogen) atoms. The molecule has 0 saturated heterocycles. The molecule has 1 unspecified atom stereocenters. The quantitative estimate of drug-likeness (QED) is 0.124. The fraction of sp³-hybridized carbons (Fsp3) is 0.200. The number of hydrogen-bond donors (Lipinski definition) is 0. The average Bonchev–Trinajstić information content (AvgIpc) is 3.37. The largest absolute Gasteiger partial charge is 0.494 e. The lowest BCUT2D eigenvalue weighted by molar-refractivity contribution is -0.138. The summed E-state index contributed by atoms with van der Waals surface area (Å²) in [6.07, 6.45) is -4.02. The Labute approximate surface area is 240 Å². The van der Waals surface area contributed by atoms with E-state index in [9.17, 15) is 26.7 Å². The van der Waals surface area contributed by atoms with Crippen molar-refractivity contribution in [2.45, 2.75) is 30.6 Å². The summed E-state index contributed by atoms with van der Waals surface area (Å²) in [6.45, 7) is 1.50. The summed E-state index contributed by atoms with van der Waals surface area (Å²) in [5.41, 5.74) is -2.13. The first-order valence-corrected chi connectivity index (χ1v) is 13.5. The number of methoxy groups -OCH3 is 1. The van der Waals surface area contributed by atoms with Crippen LogP contribution in [0.1, 0.15) is 28.3 Å². The first-order chi connectivity index (χ1) is 20.0. The Morgan fingerprint density at radius 1 is 1.02 bits per heavy atom. The molecule has 0 bridgehead atoms. The minimum Gasteiger partial charge on any atom is -0.494 e. The molecule has 1 aromatic heterocycles. The second kappa shape index (κ2) is 11.6. The van der Waals surface area contributed by atoms with Gasteiger partial charge in [-0.15, -0.1) is 11.8 Å². The Hall–Kier alpha value is -4.19. The monoisotopic (exact) mass is 604 g/mol. The van der Waals surface area contributed by atoms with E-state index in [0.29, 0.717) is 5.03 Å². The maximum Gasteiger partial charge on any atom is 0.416 e. The molecule has 12 heteroatoms. The molecular weight excluding hydrogens is 582 g/mol. The van der Waals surface area contributed by atoms with Crippen LogP contribution < -0.4 is 15.1 Å². The zero-order valence-corrected chi connectivity index (χ0v) is 23.0. The van der Waals surface area contributed by atoms with E-state index in [1.807, 2.05) is 0 Å². The first kappa shape index (κ1) is 29.3. The van der Waals surface area contributed by atoms with Crippen molar-refractivity contribution in [3.8, 4) is 22.6 Å². The van der Waals surface area contributed by atoms with Gasteiger partial charge in [0.15, 0.2) is 17.3 Å². The molecule has 3 aromatic carbocycles. The molecule has 1 aliphatic rings. The number of ether oxygens (including phenoxy) is 1. The number of pyridine rings is 1. The molecule has 5 nitrogen and oxygen atoms in total. The number of hydrogen-bond acceptors (Lipinski definition) is 5. The van der Waals surface area contributed by atoms with E-state index in [1.165, 1.54) is 79.0 Å². The Morgan fingerprint density at radius 3 is 2.43 bits per heavy atom. The van der Waals surface area contributed by atoms with Gasteiger partial charge in [0.1, 0.15) is 11.6 Å². The molecule has 2 heterocycles. The van der Waals surface area contributed by atoms with Gasteiger partial charge in [-0.05, 0) is 60.5 Å². The molecule has 0 fully saturated rings. The summed E-state index contributed by atoms with van der Waals surface area (Å²) < 4.78 is 91.6. The molecule has 4 aromatic rings. The molecular formula is C30H22F6N2O3S. The highest BCUT2D eigenvalue weighted by atomic mass is 32.2. The summed E-state index contributed by atoms with van der Waals surface area (Å²) in [4.78, 5) is 19.2. The second-order valence-electron chi connectivity index (χ2n) is 9.40. The van der Waals surface area contributed by atoms with Crippen LogP contribution in [0.25, 0.3) is 11.1 Å². The Morgan fingerprint density at radius 2 is 1.74 bits per heavy atom. The molecule has 0 saturated carbocycles. The highest BCUT2D eigenvalue weighted by Gasteiger charge is 2.36. The summed E-state index contributed by atoms with van der Waals surface area (Å²) in [5.74, 6) is -2.02. The van der Waals surface area contributed by atoms with Crippen LogP contribution in [0.2, 0.25) is 0 Å². The lowest BCUT2D eigenvalue weighted by Crippen LogP contribution is -2.28. The molecule has 0 N–H and O–H groups in total. The fourth-order valence-electron chi connectivity index (χ4n) is 4.86. The summed E-state index contributed by atoms with van der Waals surface area (Å²) >= 11 is 1.18. The van der Waals surface area contributed by atoms with Crippen molar-refractivity contribution in [1.29, 1.82) is 0 Å². The number of rotatable bonds is 7. The van der Waals surface area contributed by atoms with Gasteiger partial charge in [-0.2, -0.15) is 13.2 Å². The lowest BCUT2D eigenvalue weighted by atomic mass is 9.92. The van der Waals surface area contributed by atoms with Crippen molar-refractivity contribution >= 4 is 18.0 Å². The van der Waals surface area contributed by atoms with E-state index < -0.39 is 52.8 Å². The highest BCUT2D eigenvalue weighted by Crippen LogP contribution is 2.42. The third-order valence-electron chi connectivity index (χ3n) is 6.89. The van der Waals surface area contributed by atoms with Crippen molar-refractivity contribution < 1.29 is 35.9 Å². The van der Waals surface area contributed by atoms with Crippen molar-refractivity contribution in [3.63, 3.8) is 0 Å². The standard InChI is InChI=1S/C30H22F6N2O3S/c1-16-21(13-22-23(30(34,35)36)6-4-7-24(22)32)29-38(28(39)26(16)20-5-3-8-25(40-2)27(20)33)18(15-42-29)14-37-41-19-11-9-17(31)10-12-19/h3-12,14,18H,13,15H2,1-2H3/b37-14+. The lowest BCUT2D eigenvalue weighted by Gasteiger charge is -2.21. The first-order valence-electron chi connectivity index (χ1n) is 12.6. The summed E-state index contributed by atoms with van der Waals surface area (Å²) in [5, 5.41) is 4.22. The van der Waals surface area contributed by atoms with Gasteiger partial charge in [0.05, 0.1) is 35.5 Å². The molecule has 0 aliphatic carbocycles. The SMILES string of the molecule is COc1cccc(-c2c(C)c(Cc3c(F)cccc3C(F)(F)F)c3n(c2=O)C(/C=N/Oc2ccc(F)cc2)CS3)c1F. The smallest absolute Gasteiger partial charge is 0.416 e. The normalized spacial score (nSPS) is 14.8. The van der Waals surface area contributed by atoms with Crippen LogP contribution in [-0.2, 0) is 12.6 Å². The van der Waals surface area contributed by atoms with E-state index in [4.69, 9.17) is 9.57 Å². The number of halogens is 6. The number of alkyl halides is 3. The molecule has 218 valence electrons. The molecule has 1 aliphatic heterocycles. The number of benzene rings is 3. The van der Waals surface area contributed by atoms with Gasteiger partial charge in [-0.1, -0.05) is 23.4 Å². The van der Waals surface area contributed by atoms with Crippen LogP contribution in [0.3, 0.4) is 0 Å². The predicted molar refractivity (Wildman–Crippen MR) is 147 cm³/mol. The Bertz CT molecular complexity index is 1740. The molecule has 0 spiro atoms. The number of fused-ring (bicyclic) bond motifs is 1. The molecule has 0 radical (unpaired) electrons. The van der Waals surface area contributed by atoms with Crippen molar-refractivity contribution in [2.75, 3.05) is 12.9 Å². The third-order valence-corrected chi connectivity index (χ3v) is 8.12. The van der Waals surface area contributed by atoms with Crippen molar-refractivity contribution in [3.05, 3.63) is 111 Å². The topological polar surface area (TPSA) is 52.8 Å². The maximum absolute atomic E-state index is 15.5. The molecule has 0 amide bonds. The average molecular weight is 605 g/mol. The highest BCUT2D eigenvalue weighted by molar-refractivity contribution is 7.99. The van der Waals surface area contributed by atoms with Crippen LogP contribution in [0.15, 0.2) is 75.6 Å². The second-order valence-corrected chi connectivity index (χ2v) is 10.4. The van der Waals surface area contributed by atoms with Gasteiger partial charge in [0.25, 0.3) is 5.56 Å². The van der Waals surface area contributed by atoms with Crippen molar-refractivity contribution in [2.24, 2.45) is 5.16 Å². The van der Waals surface area contributed by atoms with E-state index in [1.54, 1.807) is 0 Å². The Kier molecular flexibility index (Phi) is 8.09. The van der Waals surface area contributed by atoms with Crippen LogP contribution in [-0.4, -0.2) is 23.6 Å². The zero-order chi connectivity index (χ0) is 30.2. The fourth-order valence-corrected chi connectivity index (χ4v) is 6.18.